The third kappa shape index (κ3) is 1.97. The highest BCUT2D eigenvalue weighted by Gasteiger charge is 2.44. The molecule has 0 saturated carbocycles. The highest BCUT2D eigenvalue weighted by atomic mass is 29.6. The van der Waals surface area contributed by atoms with Gasteiger partial charge in [0, 0.05) is 7.05 Å². The van der Waals surface area contributed by atoms with Gasteiger partial charge in [-0.15, -0.1) is 0 Å². The van der Waals surface area contributed by atoms with E-state index in [-0.39, 0.29) is 7.83 Å². The second-order valence-corrected chi connectivity index (χ2v) is 19.8. The summed E-state index contributed by atoms with van der Waals surface area (Å²) in [7, 11) is 6.49. The van der Waals surface area contributed by atoms with Gasteiger partial charge in [-0.05, 0) is 14.1 Å². The van der Waals surface area contributed by atoms with Crippen LogP contribution in [0.2, 0.25) is 19.1 Å². The Hall–Kier alpha value is 0.531. The van der Waals surface area contributed by atoms with Gasteiger partial charge in [-0.25, -0.2) is 0 Å². The first-order chi connectivity index (χ1) is 5.91. The van der Waals surface area contributed by atoms with Crippen molar-refractivity contribution in [2.45, 2.75) is 26.1 Å². The lowest BCUT2D eigenvalue weighted by molar-refractivity contribution is -0.0356. The maximum absolute atomic E-state index is 2.52. The summed E-state index contributed by atoms with van der Waals surface area (Å²) in [5.41, 5.74) is 0. The minimum absolute atomic E-state index is 0.117. The van der Waals surface area contributed by atoms with Gasteiger partial charge in [0.15, 0.2) is 0 Å². The lowest BCUT2D eigenvalue weighted by Crippen LogP contribution is -2.75. The van der Waals surface area contributed by atoms with Crippen LogP contribution in [0.15, 0.2) is 0 Å². The number of hydrazine groups is 2. The minimum Gasteiger partial charge on any atom is -0.260 e. The zero-order valence-corrected chi connectivity index (χ0v) is 12.5. The molecule has 0 amide bonds. The van der Waals surface area contributed by atoms with Crippen molar-refractivity contribution in [2.24, 2.45) is 0 Å². The number of hydrogen-bond acceptors (Lipinski definition) is 3. The lowest BCUT2D eigenvalue weighted by Gasteiger charge is -2.52. The van der Waals surface area contributed by atoms with Gasteiger partial charge in [-0.1, -0.05) is 26.1 Å². The predicted octanol–water partition coefficient (Wildman–Crippen LogP) is 0.539. The molecule has 1 aliphatic heterocycles. The van der Waals surface area contributed by atoms with Gasteiger partial charge < -0.3 is 0 Å². The van der Waals surface area contributed by atoms with Crippen molar-refractivity contribution >= 4 is 24.8 Å². The molecule has 0 aliphatic carbocycles. The molecule has 3 nitrogen and oxygen atoms in total. The summed E-state index contributed by atoms with van der Waals surface area (Å²) < 4.78 is 4.90. The van der Waals surface area contributed by atoms with Crippen molar-refractivity contribution in [1.82, 2.24) is 14.5 Å². The second kappa shape index (κ2) is 3.95. The molecule has 0 aromatic heterocycles. The Bertz CT molecular complexity index is 184. The molecule has 0 atom stereocenters. The molecular weight excluding hydrogens is 210 g/mol. The number of hydrogen-bond donors (Lipinski definition) is 0. The maximum atomic E-state index is 2.52. The van der Waals surface area contributed by atoms with Crippen molar-refractivity contribution in [1.29, 1.82) is 0 Å². The molecule has 0 N–H and O–H groups in total. The summed E-state index contributed by atoms with van der Waals surface area (Å²) in [6.07, 6.45) is 0. The third-order valence-corrected chi connectivity index (χ3v) is 23.9. The Balaban J connectivity index is 2.82. The van der Waals surface area contributed by atoms with Gasteiger partial charge >= 0.3 is 0 Å². The van der Waals surface area contributed by atoms with Gasteiger partial charge in [0.2, 0.25) is 0 Å². The third-order valence-electron chi connectivity index (χ3n) is 3.07. The van der Waals surface area contributed by atoms with E-state index in [9.17, 15) is 0 Å². The largest absolute Gasteiger partial charge is 0.260 e. The molecule has 0 aromatic rings. The van der Waals surface area contributed by atoms with Crippen LogP contribution in [-0.2, 0) is 0 Å². The zero-order chi connectivity index (χ0) is 10.2. The van der Waals surface area contributed by atoms with Crippen LogP contribution in [0, 0.1) is 0 Å². The van der Waals surface area contributed by atoms with E-state index in [1.165, 1.54) is 6.04 Å². The van der Waals surface area contributed by atoms with Gasteiger partial charge in [-0.3, -0.25) is 9.35 Å². The van der Waals surface area contributed by atoms with Crippen LogP contribution in [0.3, 0.4) is 0 Å². The molecule has 1 rings (SSSR count). The zero-order valence-electron chi connectivity index (χ0n) is 9.55. The minimum atomic E-state index is -1.10. The Kier molecular flexibility index (Phi) is 3.53. The van der Waals surface area contributed by atoms with E-state index in [4.69, 9.17) is 0 Å². The van der Waals surface area contributed by atoms with E-state index in [2.05, 4.69) is 55.6 Å². The first-order valence-electron chi connectivity index (χ1n) is 4.75. The van der Waals surface area contributed by atoms with Crippen molar-refractivity contribution in [3.63, 3.8) is 0 Å². The standard InChI is InChI=1S/C7H20N3Si3/c1-7-12-11-9(3)8(2)10(4)13(12,5)6/h7H2,1-6H3. The molecule has 13 heavy (non-hydrogen) atoms. The van der Waals surface area contributed by atoms with Crippen molar-refractivity contribution in [3.8, 4) is 0 Å². The van der Waals surface area contributed by atoms with Crippen LogP contribution >= 0.6 is 0 Å². The summed E-state index contributed by atoms with van der Waals surface area (Å²) in [5, 5.41) is 2.30. The molecule has 6 heteroatoms. The molecule has 1 aliphatic rings. The molecular formula is C7H20N3Si3. The fourth-order valence-electron chi connectivity index (χ4n) is 1.67. The molecule has 0 aromatic carbocycles. The van der Waals surface area contributed by atoms with E-state index < -0.39 is 7.75 Å². The summed E-state index contributed by atoms with van der Waals surface area (Å²) in [6, 6.07) is 1.42. The fourth-order valence-corrected chi connectivity index (χ4v) is 17.5. The molecule has 1 heterocycles. The van der Waals surface area contributed by atoms with Gasteiger partial charge in [-0.2, -0.15) is 5.12 Å². The first kappa shape index (κ1) is 11.6. The number of rotatable bonds is 1. The lowest BCUT2D eigenvalue weighted by atomic mass is 11.0. The summed E-state index contributed by atoms with van der Waals surface area (Å²) >= 11 is 0. The van der Waals surface area contributed by atoms with Crippen molar-refractivity contribution in [2.75, 3.05) is 21.1 Å². The first-order valence-corrected chi connectivity index (χ1v) is 12.4. The average Bonchev–Trinajstić information content (AvgIpc) is 2.08. The van der Waals surface area contributed by atoms with Gasteiger partial charge in [0.25, 0.3) is 0 Å². The van der Waals surface area contributed by atoms with Gasteiger partial charge in [0.1, 0.15) is 17.0 Å². The fraction of sp³-hybridized carbons (Fsp3) is 1.00. The Morgan fingerprint density at radius 3 is 2.23 bits per heavy atom. The van der Waals surface area contributed by atoms with E-state index in [1.807, 2.05) is 0 Å². The molecule has 0 bridgehead atoms. The Morgan fingerprint density at radius 1 is 1.23 bits per heavy atom. The Labute approximate surface area is 86.8 Å². The normalized spacial score (nSPS) is 28.2. The molecule has 0 spiro atoms. The molecule has 1 saturated heterocycles. The van der Waals surface area contributed by atoms with Crippen molar-refractivity contribution in [3.05, 3.63) is 0 Å². The summed E-state index contributed by atoms with van der Waals surface area (Å²) in [6.45, 7) is 7.39. The van der Waals surface area contributed by atoms with Crippen LogP contribution < -0.4 is 0 Å². The van der Waals surface area contributed by atoms with Crippen LogP contribution in [0.4, 0.5) is 0 Å². The SMILES string of the molecule is CC[Si]1[Si]N(C)N(C)N(C)[Si]1(C)C. The predicted molar refractivity (Wildman–Crippen MR) is 62.8 cm³/mol. The van der Waals surface area contributed by atoms with Crippen LogP contribution in [0.1, 0.15) is 6.92 Å². The molecule has 0 unspecified atom stereocenters. The summed E-state index contributed by atoms with van der Waals surface area (Å²) in [4.78, 5) is 0. The van der Waals surface area contributed by atoms with Crippen LogP contribution in [0.25, 0.3) is 0 Å². The summed E-state index contributed by atoms with van der Waals surface area (Å²) in [5.74, 6) is 0. The number of nitrogens with zero attached hydrogens (tertiary/aromatic N) is 3. The van der Waals surface area contributed by atoms with Crippen molar-refractivity contribution < 1.29 is 0 Å². The van der Waals surface area contributed by atoms with Gasteiger partial charge in [0.05, 0.1) is 7.83 Å². The monoisotopic (exact) mass is 230 g/mol. The van der Waals surface area contributed by atoms with Crippen LogP contribution in [0.5, 0.6) is 0 Å². The van der Waals surface area contributed by atoms with E-state index in [1.54, 1.807) is 0 Å². The average molecular weight is 231 g/mol. The van der Waals surface area contributed by atoms with Crippen LogP contribution in [-0.4, -0.2) is 60.4 Å². The quantitative estimate of drug-likeness (QED) is 0.609. The van der Waals surface area contributed by atoms with E-state index in [0.717, 1.165) is 9.20 Å². The molecule has 75 valence electrons. The maximum Gasteiger partial charge on any atom is 0.146 e. The highest BCUT2D eigenvalue weighted by molar-refractivity contribution is 7.50. The highest BCUT2D eigenvalue weighted by Crippen LogP contribution is 2.21. The smallest absolute Gasteiger partial charge is 0.146 e. The topological polar surface area (TPSA) is 9.72 Å². The Morgan fingerprint density at radius 2 is 1.77 bits per heavy atom. The molecule has 3 radical (unpaired) electrons. The van der Waals surface area contributed by atoms with E-state index >= 15 is 0 Å². The molecule has 1 fully saturated rings. The second-order valence-electron chi connectivity index (χ2n) is 4.04. The van der Waals surface area contributed by atoms with E-state index in [0.29, 0.717) is 0 Å².